The Bertz CT molecular complexity index is 606. The highest BCUT2D eigenvalue weighted by molar-refractivity contribution is 7.89. The fourth-order valence-electron chi connectivity index (χ4n) is 1.46. The number of nitriles is 1. The molecule has 0 fully saturated rings. The molecule has 1 rings (SSSR count). The van der Waals surface area contributed by atoms with Crippen LogP contribution in [0, 0.1) is 11.3 Å². The third-order valence-electron chi connectivity index (χ3n) is 2.42. The van der Waals surface area contributed by atoms with Crippen molar-refractivity contribution >= 4 is 15.7 Å². The second-order valence-corrected chi connectivity index (χ2v) is 5.69. The van der Waals surface area contributed by atoms with Crippen LogP contribution in [-0.4, -0.2) is 28.2 Å². The summed E-state index contributed by atoms with van der Waals surface area (Å²) in [6, 6.07) is 5.90. The smallest absolute Gasteiger partial charge is 0.241 e. The van der Waals surface area contributed by atoms with Crippen molar-refractivity contribution in [3.05, 3.63) is 36.4 Å². The molecular formula is C13H17N3O3S. The summed E-state index contributed by atoms with van der Waals surface area (Å²) in [5.41, 5.74) is 5.88. The normalized spacial score (nSPS) is 10.9. The first kappa shape index (κ1) is 16.2. The van der Waals surface area contributed by atoms with Gasteiger partial charge in [-0.2, -0.15) is 5.26 Å². The Morgan fingerprint density at radius 3 is 2.85 bits per heavy atom. The molecule has 0 unspecified atom stereocenters. The van der Waals surface area contributed by atoms with E-state index in [9.17, 15) is 8.42 Å². The number of sulfonamides is 1. The maximum absolute atomic E-state index is 12.0. The van der Waals surface area contributed by atoms with Gasteiger partial charge in [0.05, 0.1) is 23.7 Å². The molecule has 0 aliphatic carbocycles. The largest absolute Gasteiger partial charge is 0.399 e. The van der Waals surface area contributed by atoms with Crippen molar-refractivity contribution in [2.24, 2.45) is 0 Å². The zero-order valence-electron chi connectivity index (χ0n) is 11.0. The lowest BCUT2D eigenvalue weighted by molar-refractivity contribution is 0.144. The zero-order chi connectivity index (χ0) is 15.0. The number of nitrogen functional groups attached to an aromatic ring is 1. The first-order chi connectivity index (χ1) is 9.51. The number of nitrogens with two attached hydrogens (primary N) is 1. The molecule has 0 atom stereocenters. The van der Waals surface area contributed by atoms with E-state index in [-0.39, 0.29) is 23.6 Å². The molecule has 0 aliphatic heterocycles. The lowest BCUT2D eigenvalue weighted by atomic mass is 10.2. The highest BCUT2D eigenvalue weighted by atomic mass is 32.2. The van der Waals surface area contributed by atoms with Crippen molar-refractivity contribution in [3.63, 3.8) is 0 Å². The monoisotopic (exact) mass is 295 g/mol. The number of benzene rings is 1. The van der Waals surface area contributed by atoms with Crippen LogP contribution in [0.4, 0.5) is 5.69 Å². The van der Waals surface area contributed by atoms with Gasteiger partial charge < -0.3 is 10.5 Å². The molecule has 1 aromatic rings. The van der Waals surface area contributed by atoms with Crippen molar-refractivity contribution < 1.29 is 13.2 Å². The van der Waals surface area contributed by atoms with Gasteiger partial charge in [0.15, 0.2) is 0 Å². The van der Waals surface area contributed by atoms with E-state index in [1.54, 1.807) is 6.08 Å². The quantitative estimate of drug-likeness (QED) is 0.423. The molecule has 0 bridgehead atoms. The average molecular weight is 295 g/mol. The van der Waals surface area contributed by atoms with Gasteiger partial charge in [0, 0.05) is 12.2 Å². The number of anilines is 1. The number of hydrogen-bond acceptors (Lipinski definition) is 5. The Morgan fingerprint density at radius 1 is 1.45 bits per heavy atom. The Balaban J connectivity index is 2.65. The molecule has 0 amide bonds. The minimum absolute atomic E-state index is 0.0186. The average Bonchev–Trinajstić information content (AvgIpc) is 2.42. The molecule has 0 aliphatic rings. The number of nitrogens with one attached hydrogen (secondary N) is 1. The molecule has 0 saturated carbocycles. The van der Waals surface area contributed by atoms with Crippen LogP contribution in [0.15, 0.2) is 35.7 Å². The van der Waals surface area contributed by atoms with Gasteiger partial charge in [0.1, 0.15) is 6.07 Å². The van der Waals surface area contributed by atoms with Crippen LogP contribution >= 0.6 is 0 Å². The maximum Gasteiger partial charge on any atom is 0.241 e. The van der Waals surface area contributed by atoms with E-state index in [4.69, 9.17) is 15.7 Å². The zero-order valence-corrected chi connectivity index (χ0v) is 11.8. The Labute approximate surface area is 118 Å². The third kappa shape index (κ3) is 4.66. The van der Waals surface area contributed by atoms with Gasteiger partial charge in [0.25, 0.3) is 0 Å². The topological polar surface area (TPSA) is 105 Å². The van der Waals surface area contributed by atoms with Gasteiger partial charge in [-0.05, 0) is 24.6 Å². The maximum atomic E-state index is 12.0. The van der Waals surface area contributed by atoms with Crippen molar-refractivity contribution in [1.29, 1.82) is 5.26 Å². The molecule has 0 aromatic heterocycles. The summed E-state index contributed by atoms with van der Waals surface area (Å²) in [5.74, 6) is 0. The molecule has 0 heterocycles. The lowest BCUT2D eigenvalue weighted by Crippen LogP contribution is -2.28. The summed E-state index contributed by atoms with van der Waals surface area (Å²) >= 11 is 0. The Kier molecular flexibility index (Phi) is 6.18. The molecule has 7 heteroatoms. The van der Waals surface area contributed by atoms with Gasteiger partial charge in [-0.3, -0.25) is 0 Å². The van der Waals surface area contributed by atoms with Gasteiger partial charge >= 0.3 is 0 Å². The highest BCUT2D eigenvalue weighted by Crippen LogP contribution is 2.17. The fraction of sp³-hybridized carbons (Fsp3) is 0.308. The number of hydrogen-bond donors (Lipinski definition) is 2. The molecule has 0 saturated heterocycles. The van der Waals surface area contributed by atoms with Crippen molar-refractivity contribution in [2.45, 2.75) is 11.3 Å². The molecule has 0 spiro atoms. The lowest BCUT2D eigenvalue weighted by Gasteiger charge is -2.09. The minimum Gasteiger partial charge on any atom is -0.399 e. The predicted octanol–water partition coefficient (Wildman–Crippen LogP) is 1.01. The molecular weight excluding hydrogens is 278 g/mol. The Hall–Kier alpha value is -1.88. The van der Waals surface area contributed by atoms with E-state index in [0.717, 1.165) is 0 Å². The summed E-state index contributed by atoms with van der Waals surface area (Å²) in [4.78, 5) is -0.0831. The number of rotatable bonds is 8. The molecule has 0 radical (unpaired) electrons. The first-order valence-electron chi connectivity index (χ1n) is 5.99. The van der Waals surface area contributed by atoms with Crippen molar-refractivity contribution in [3.8, 4) is 6.07 Å². The standard InChI is InChI=1S/C13H17N3O3S/c1-2-3-7-19-8-6-16-20(17,18)13-5-4-12(15)9-11(13)10-14/h2,4-5,9,16H,1,3,6-8,15H2. The van der Waals surface area contributed by atoms with E-state index in [1.807, 2.05) is 6.07 Å². The van der Waals surface area contributed by atoms with Crippen LogP contribution in [0.3, 0.4) is 0 Å². The van der Waals surface area contributed by atoms with Crippen LogP contribution in [0.1, 0.15) is 12.0 Å². The van der Waals surface area contributed by atoms with E-state index >= 15 is 0 Å². The summed E-state index contributed by atoms with van der Waals surface area (Å²) in [6.07, 6.45) is 2.43. The first-order valence-corrected chi connectivity index (χ1v) is 7.47. The molecule has 1 aromatic carbocycles. The summed E-state index contributed by atoms with van der Waals surface area (Å²) in [7, 11) is -3.74. The number of nitrogens with zero attached hydrogens (tertiary/aromatic N) is 1. The summed E-state index contributed by atoms with van der Waals surface area (Å²) in [5, 5.41) is 8.94. The Morgan fingerprint density at radius 2 is 2.20 bits per heavy atom. The molecule has 6 nitrogen and oxygen atoms in total. The van der Waals surface area contributed by atoms with Crippen LogP contribution in [0.2, 0.25) is 0 Å². The van der Waals surface area contributed by atoms with E-state index in [0.29, 0.717) is 18.7 Å². The van der Waals surface area contributed by atoms with Gasteiger partial charge in [0.2, 0.25) is 10.0 Å². The van der Waals surface area contributed by atoms with E-state index in [2.05, 4.69) is 11.3 Å². The second kappa shape index (κ2) is 7.65. The third-order valence-corrected chi connectivity index (χ3v) is 3.94. The SMILES string of the molecule is C=CCCOCCNS(=O)(=O)c1ccc(N)cc1C#N. The van der Waals surface area contributed by atoms with Crippen LogP contribution in [0.25, 0.3) is 0 Å². The second-order valence-electron chi connectivity index (χ2n) is 3.95. The molecule has 108 valence electrons. The summed E-state index contributed by atoms with van der Waals surface area (Å²) < 4.78 is 31.6. The molecule has 20 heavy (non-hydrogen) atoms. The fourth-order valence-corrected chi connectivity index (χ4v) is 2.61. The number of ether oxygens (including phenoxy) is 1. The van der Waals surface area contributed by atoms with Crippen molar-refractivity contribution in [1.82, 2.24) is 4.72 Å². The molecule has 3 N–H and O–H groups in total. The predicted molar refractivity (Wildman–Crippen MR) is 76.4 cm³/mol. The van der Waals surface area contributed by atoms with Crippen LogP contribution in [-0.2, 0) is 14.8 Å². The van der Waals surface area contributed by atoms with Crippen molar-refractivity contribution in [2.75, 3.05) is 25.5 Å². The van der Waals surface area contributed by atoms with Gasteiger partial charge in [-0.1, -0.05) is 6.08 Å². The van der Waals surface area contributed by atoms with Gasteiger partial charge in [-0.15, -0.1) is 6.58 Å². The minimum atomic E-state index is -3.74. The van der Waals surface area contributed by atoms with E-state index in [1.165, 1.54) is 18.2 Å². The van der Waals surface area contributed by atoms with Crippen LogP contribution in [0.5, 0.6) is 0 Å². The van der Waals surface area contributed by atoms with Crippen LogP contribution < -0.4 is 10.5 Å². The highest BCUT2D eigenvalue weighted by Gasteiger charge is 2.18. The summed E-state index contributed by atoms with van der Waals surface area (Å²) in [6.45, 7) is 4.44. The van der Waals surface area contributed by atoms with E-state index < -0.39 is 10.0 Å². The van der Waals surface area contributed by atoms with Gasteiger partial charge in [-0.25, -0.2) is 13.1 Å².